The molecule has 0 unspecified atom stereocenters. The van der Waals surface area contributed by atoms with E-state index in [-0.39, 0.29) is 12.1 Å². The van der Waals surface area contributed by atoms with Crippen molar-refractivity contribution >= 4 is 11.0 Å². The lowest BCUT2D eigenvalue weighted by Gasteiger charge is -2.28. The van der Waals surface area contributed by atoms with Gasteiger partial charge in [-0.05, 0) is 25.8 Å². The number of rotatable bonds is 4. The Kier molecular flexibility index (Phi) is 3.33. The molecular formula is C16H21NO2. The van der Waals surface area contributed by atoms with Gasteiger partial charge in [0.2, 0.25) is 0 Å². The van der Waals surface area contributed by atoms with Crippen molar-refractivity contribution in [2.75, 3.05) is 6.61 Å². The summed E-state index contributed by atoms with van der Waals surface area (Å²) < 4.78 is 5.78. The van der Waals surface area contributed by atoms with Crippen LogP contribution in [-0.2, 0) is 6.54 Å². The molecule has 0 saturated heterocycles. The third kappa shape index (κ3) is 2.28. The third-order valence-electron chi connectivity index (χ3n) is 4.40. The number of furan rings is 1. The SMILES string of the molecule is Cc1oc2ccccc2c1CNC1(CO)CCCC1. The summed E-state index contributed by atoms with van der Waals surface area (Å²) in [6.07, 6.45) is 4.55. The molecule has 1 aliphatic carbocycles. The smallest absolute Gasteiger partial charge is 0.134 e. The van der Waals surface area contributed by atoms with Crippen LogP contribution in [0.1, 0.15) is 37.0 Å². The maximum absolute atomic E-state index is 9.64. The Hall–Kier alpha value is -1.32. The molecule has 0 aliphatic heterocycles. The fourth-order valence-corrected chi connectivity index (χ4v) is 3.16. The molecule has 1 aromatic carbocycles. The number of hydrogen-bond acceptors (Lipinski definition) is 3. The number of benzene rings is 1. The molecule has 0 atom stereocenters. The topological polar surface area (TPSA) is 45.4 Å². The van der Waals surface area contributed by atoms with Gasteiger partial charge in [-0.15, -0.1) is 0 Å². The van der Waals surface area contributed by atoms with Crippen LogP contribution >= 0.6 is 0 Å². The summed E-state index contributed by atoms with van der Waals surface area (Å²) in [6.45, 7) is 3.00. The van der Waals surface area contributed by atoms with Gasteiger partial charge in [0.1, 0.15) is 11.3 Å². The molecule has 1 aromatic heterocycles. The van der Waals surface area contributed by atoms with Gasteiger partial charge in [0.15, 0.2) is 0 Å². The molecule has 19 heavy (non-hydrogen) atoms. The van der Waals surface area contributed by atoms with Gasteiger partial charge >= 0.3 is 0 Å². The standard InChI is InChI=1S/C16H21NO2/c1-12-14(13-6-2-3-7-15(13)19-12)10-17-16(11-18)8-4-5-9-16/h2-3,6-7,17-18H,4-5,8-11H2,1H3. The largest absolute Gasteiger partial charge is 0.461 e. The number of aryl methyl sites for hydroxylation is 1. The first-order chi connectivity index (χ1) is 9.24. The van der Waals surface area contributed by atoms with Crippen LogP contribution in [-0.4, -0.2) is 17.3 Å². The van der Waals surface area contributed by atoms with E-state index in [1.807, 2.05) is 25.1 Å². The van der Waals surface area contributed by atoms with E-state index in [4.69, 9.17) is 4.42 Å². The monoisotopic (exact) mass is 259 g/mol. The maximum Gasteiger partial charge on any atom is 0.134 e. The summed E-state index contributed by atoms with van der Waals surface area (Å²) in [6, 6.07) is 8.14. The fraction of sp³-hybridized carbons (Fsp3) is 0.500. The Labute approximate surface area is 113 Å². The number of aliphatic hydroxyl groups excluding tert-OH is 1. The highest BCUT2D eigenvalue weighted by atomic mass is 16.3. The average Bonchev–Trinajstić information content (AvgIpc) is 3.01. The second-order valence-corrected chi connectivity index (χ2v) is 5.63. The van der Waals surface area contributed by atoms with Crippen molar-refractivity contribution in [1.29, 1.82) is 0 Å². The molecule has 3 rings (SSSR count). The van der Waals surface area contributed by atoms with Crippen LogP contribution in [0.2, 0.25) is 0 Å². The zero-order chi connectivity index (χ0) is 13.3. The molecular weight excluding hydrogens is 238 g/mol. The number of hydrogen-bond donors (Lipinski definition) is 2. The second kappa shape index (κ2) is 4.99. The Morgan fingerprint density at radius 3 is 2.74 bits per heavy atom. The minimum Gasteiger partial charge on any atom is -0.461 e. The minimum atomic E-state index is -0.0786. The van der Waals surface area contributed by atoms with Gasteiger partial charge in [-0.25, -0.2) is 0 Å². The fourth-order valence-electron chi connectivity index (χ4n) is 3.16. The quantitative estimate of drug-likeness (QED) is 0.886. The summed E-state index contributed by atoms with van der Waals surface area (Å²) in [5.74, 6) is 0.972. The summed E-state index contributed by atoms with van der Waals surface area (Å²) in [7, 11) is 0. The van der Waals surface area contributed by atoms with Crippen molar-refractivity contribution < 1.29 is 9.52 Å². The van der Waals surface area contributed by atoms with Crippen LogP contribution in [0, 0.1) is 6.92 Å². The molecule has 0 spiro atoms. The summed E-state index contributed by atoms with van der Waals surface area (Å²) in [5.41, 5.74) is 2.08. The molecule has 3 nitrogen and oxygen atoms in total. The van der Waals surface area contributed by atoms with Gasteiger partial charge in [0.05, 0.1) is 6.61 Å². The minimum absolute atomic E-state index is 0.0786. The molecule has 1 saturated carbocycles. The zero-order valence-electron chi connectivity index (χ0n) is 11.4. The zero-order valence-corrected chi connectivity index (χ0v) is 11.4. The first-order valence-electron chi connectivity index (χ1n) is 7.07. The summed E-state index contributed by atoms with van der Waals surface area (Å²) >= 11 is 0. The Morgan fingerprint density at radius 2 is 2.00 bits per heavy atom. The normalized spacial score (nSPS) is 18.2. The molecule has 0 amide bonds. The highest BCUT2D eigenvalue weighted by Gasteiger charge is 2.32. The van der Waals surface area contributed by atoms with Crippen LogP contribution in [0.4, 0.5) is 0 Å². The highest BCUT2D eigenvalue weighted by molar-refractivity contribution is 5.82. The van der Waals surface area contributed by atoms with Gasteiger partial charge in [0.25, 0.3) is 0 Å². The first-order valence-corrected chi connectivity index (χ1v) is 7.07. The van der Waals surface area contributed by atoms with Crippen molar-refractivity contribution in [1.82, 2.24) is 5.32 Å². The van der Waals surface area contributed by atoms with Crippen molar-refractivity contribution in [2.24, 2.45) is 0 Å². The van der Waals surface area contributed by atoms with Crippen LogP contribution < -0.4 is 5.32 Å². The van der Waals surface area contributed by atoms with Crippen molar-refractivity contribution in [3.63, 3.8) is 0 Å². The second-order valence-electron chi connectivity index (χ2n) is 5.63. The molecule has 2 N–H and O–H groups in total. The van der Waals surface area contributed by atoms with E-state index in [1.165, 1.54) is 23.8 Å². The van der Waals surface area contributed by atoms with Gasteiger partial charge in [-0.1, -0.05) is 31.0 Å². The van der Waals surface area contributed by atoms with Crippen LogP contribution in [0.25, 0.3) is 11.0 Å². The van der Waals surface area contributed by atoms with E-state index in [0.29, 0.717) is 0 Å². The van der Waals surface area contributed by atoms with Crippen LogP contribution in [0.15, 0.2) is 28.7 Å². The Bertz CT molecular complexity index is 567. The van der Waals surface area contributed by atoms with E-state index in [1.54, 1.807) is 0 Å². The van der Waals surface area contributed by atoms with Crippen molar-refractivity contribution in [3.8, 4) is 0 Å². The van der Waals surface area contributed by atoms with Crippen molar-refractivity contribution in [3.05, 3.63) is 35.6 Å². The van der Waals surface area contributed by atoms with E-state index < -0.39 is 0 Å². The molecule has 0 bridgehead atoms. The third-order valence-corrected chi connectivity index (χ3v) is 4.40. The first kappa shape index (κ1) is 12.7. The van der Waals surface area contributed by atoms with E-state index in [2.05, 4.69) is 11.4 Å². The number of fused-ring (bicyclic) bond motifs is 1. The molecule has 1 aliphatic rings. The molecule has 0 radical (unpaired) electrons. The van der Waals surface area contributed by atoms with E-state index in [9.17, 15) is 5.11 Å². The van der Waals surface area contributed by atoms with Gasteiger partial charge < -0.3 is 14.8 Å². The summed E-state index contributed by atoms with van der Waals surface area (Å²) in [4.78, 5) is 0. The lowest BCUT2D eigenvalue weighted by atomic mass is 9.98. The van der Waals surface area contributed by atoms with Crippen LogP contribution in [0.3, 0.4) is 0 Å². The lowest BCUT2D eigenvalue weighted by molar-refractivity contribution is 0.163. The van der Waals surface area contributed by atoms with Crippen LogP contribution in [0.5, 0.6) is 0 Å². The predicted molar refractivity (Wildman–Crippen MR) is 76.1 cm³/mol. The molecule has 1 fully saturated rings. The molecule has 1 heterocycles. The van der Waals surface area contributed by atoms with Gasteiger partial charge in [0, 0.05) is 23.0 Å². The van der Waals surface area contributed by atoms with E-state index in [0.717, 1.165) is 30.7 Å². The summed E-state index contributed by atoms with van der Waals surface area (Å²) in [5, 5.41) is 14.4. The molecule has 102 valence electrons. The highest BCUT2D eigenvalue weighted by Crippen LogP contribution is 2.31. The van der Waals surface area contributed by atoms with E-state index >= 15 is 0 Å². The predicted octanol–water partition coefficient (Wildman–Crippen LogP) is 3.14. The maximum atomic E-state index is 9.64. The molecule has 3 heteroatoms. The number of aliphatic hydroxyl groups is 1. The lowest BCUT2D eigenvalue weighted by Crippen LogP contribution is -2.45. The van der Waals surface area contributed by atoms with Gasteiger partial charge in [-0.2, -0.15) is 0 Å². The number of para-hydroxylation sites is 1. The Balaban J connectivity index is 1.83. The average molecular weight is 259 g/mol. The Morgan fingerprint density at radius 1 is 1.26 bits per heavy atom. The molecule has 2 aromatic rings. The number of nitrogens with one attached hydrogen (secondary N) is 1. The van der Waals surface area contributed by atoms with Gasteiger partial charge in [-0.3, -0.25) is 0 Å². The van der Waals surface area contributed by atoms with Crippen molar-refractivity contribution in [2.45, 2.75) is 44.7 Å².